The van der Waals surface area contributed by atoms with Crippen LogP contribution in [0.1, 0.15) is 69.4 Å². The maximum atomic E-state index is 13.3. The van der Waals surface area contributed by atoms with Crippen LogP contribution in [0.3, 0.4) is 0 Å². The molecule has 1 atom stereocenters. The Labute approximate surface area is 188 Å². The number of hydrogen-bond acceptors (Lipinski definition) is 5. The minimum Gasteiger partial charge on any atom is -0.490 e. The van der Waals surface area contributed by atoms with Crippen molar-refractivity contribution in [2.75, 3.05) is 26.3 Å². The third-order valence-electron chi connectivity index (χ3n) is 7.23. The smallest absolute Gasteiger partial charge is 0.325 e. The van der Waals surface area contributed by atoms with E-state index in [0.717, 1.165) is 61.2 Å². The molecule has 0 radical (unpaired) electrons. The number of fused-ring (bicyclic) bond motifs is 1. The van der Waals surface area contributed by atoms with Crippen molar-refractivity contribution in [2.24, 2.45) is 0 Å². The summed E-state index contributed by atoms with van der Waals surface area (Å²) in [6, 6.07) is 5.33. The van der Waals surface area contributed by atoms with E-state index in [9.17, 15) is 14.4 Å². The number of benzene rings is 1. The van der Waals surface area contributed by atoms with Crippen LogP contribution in [-0.2, 0) is 9.59 Å². The lowest BCUT2D eigenvalue weighted by Crippen LogP contribution is -2.47. The van der Waals surface area contributed by atoms with Crippen LogP contribution < -0.4 is 14.8 Å². The average molecular weight is 442 g/mol. The van der Waals surface area contributed by atoms with Crippen LogP contribution in [0, 0.1) is 0 Å². The van der Waals surface area contributed by atoms with Crippen molar-refractivity contribution >= 4 is 17.8 Å². The zero-order valence-electron chi connectivity index (χ0n) is 18.4. The van der Waals surface area contributed by atoms with Crippen LogP contribution in [0.4, 0.5) is 4.79 Å². The van der Waals surface area contributed by atoms with Crippen LogP contribution in [-0.4, -0.2) is 59.5 Å². The van der Waals surface area contributed by atoms with Gasteiger partial charge in [0.1, 0.15) is 12.1 Å². The van der Waals surface area contributed by atoms with Crippen molar-refractivity contribution in [3.8, 4) is 11.5 Å². The number of amides is 4. The Hall–Kier alpha value is -2.77. The van der Waals surface area contributed by atoms with E-state index in [0.29, 0.717) is 38.3 Å². The topological polar surface area (TPSA) is 88.2 Å². The summed E-state index contributed by atoms with van der Waals surface area (Å²) in [5, 5.41) is 2.92. The van der Waals surface area contributed by atoms with E-state index in [1.54, 1.807) is 4.90 Å². The fraction of sp³-hybridized carbons (Fsp3) is 0.625. The number of ether oxygens (including phenoxy) is 2. The molecule has 1 aliphatic carbocycles. The van der Waals surface area contributed by atoms with E-state index in [1.807, 2.05) is 18.2 Å². The molecule has 3 aliphatic heterocycles. The largest absolute Gasteiger partial charge is 0.490 e. The predicted octanol–water partition coefficient (Wildman–Crippen LogP) is 3.16. The Kier molecular flexibility index (Phi) is 5.69. The number of rotatable bonds is 3. The molecule has 32 heavy (non-hydrogen) atoms. The van der Waals surface area contributed by atoms with Gasteiger partial charge in [-0.05, 0) is 43.4 Å². The minimum atomic E-state index is -0.813. The molecule has 1 N–H and O–H groups in total. The quantitative estimate of drug-likeness (QED) is 0.728. The monoisotopic (exact) mass is 441 g/mol. The van der Waals surface area contributed by atoms with Crippen LogP contribution in [0.15, 0.2) is 18.2 Å². The molecule has 8 heteroatoms. The van der Waals surface area contributed by atoms with Gasteiger partial charge in [-0.3, -0.25) is 14.5 Å². The second-order valence-corrected chi connectivity index (χ2v) is 9.32. The molecule has 1 saturated carbocycles. The molecule has 3 heterocycles. The van der Waals surface area contributed by atoms with E-state index in [1.165, 1.54) is 0 Å². The molecule has 4 aliphatic rings. The lowest BCUT2D eigenvalue weighted by Gasteiger charge is -2.28. The van der Waals surface area contributed by atoms with Crippen molar-refractivity contribution in [3.05, 3.63) is 23.8 Å². The summed E-state index contributed by atoms with van der Waals surface area (Å²) >= 11 is 0. The summed E-state index contributed by atoms with van der Waals surface area (Å²) in [5.74, 6) is 1.02. The van der Waals surface area contributed by atoms with E-state index < -0.39 is 11.6 Å². The summed E-state index contributed by atoms with van der Waals surface area (Å²) in [7, 11) is 0. The Morgan fingerprint density at radius 1 is 1.00 bits per heavy atom. The molecule has 0 unspecified atom stereocenters. The van der Waals surface area contributed by atoms with Crippen molar-refractivity contribution in [1.29, 1.82) is 0 Å². The normalized spacial score (nSPS) is 24.9. The molecule has 1 aromatic carbocycles. The van der Waals surface area contributed by atoms with Gasteiger partial charge in [-0.25, -0.2) is 4.79 Å². The van der Waals surface area contributed by atoms with Gasteiger partial charge in [0.25, 0.3) is 5.91 Å². The van der Waals surface area contributed by atoms with E-state index in [4.69, 9.17) is 9.47 Å². The number of imide groups is 1. The number of nitrogens with zero attached hydrogens (tertiary/aromatic N) is 2. The van der Waals surface area contributed by atoms with Crippen molar-refractivity contribution in [2.45, 2.75) is 69.4 Å². The number of nitrogens with one attached hydrogen (secondary N) is 1. The highest BCUT2D eigenvalue weighted by atomic mass is 16.5. The first-order valence-corrected chi connectivity index (χ1v) is 11.9. The minimum absolute atomic E-state index is 0.0905. The maximum absolute atomic E-state index is 13.3. The Balaban J connectivity index is 1.30. The predicted molar refractivity (Wildman–Crippen MR) is 116 cm³/mol. The van der Waals surface area contributed by atoms with Crippen LogP contribution in [0.5, 0.6) is 11.5 Å². The third kappa shape index (κ3) is 3.80. The molecule has 172 valence electrons. The van der Waals surface area contributed by atoms with Gasteiger partial charge < -0.3 is 19.7 Å². The van der Waals surface area contributed by atoms with Gasteiger partial charge in [0.2, 0.25) is 5.91 Å². The summed E-state index contributed by atoms with van der Waals surface area (Å²) in [6.45, 7) is 1.66. The number of carbonyl (C=O) groups excluding carboxylic acids is 3. The van der Waals surface area contributed by atoms with Gasteiger partial charge in [0.05, 0.1) is 19.3 Å². The van der Waals surface area contributed by atoms with E-state index in [-0.39, 0.29) is 24.4 Å². The summed E-state index contributed by atoms with van der Waals surface area (Å²) < 4.78 is 11.5. The van der Waals surface area contributed by atoms with Gasteiger partial charge >= 0.3 is 6.03 Å². The van der Waals surface area contributed by atoms with Crippen molar-refractivity contribution < 1.29 is 23.9 Å². The highest BCUT2D eigenvalue weighted by Crippen LogP contribution is 2.38. The number of hydrogen-bond donors (Lipinski definition) is 1. The number of carbonyl (C=O) groups is 3. The summed E-state index contributed by atoms with van der Waals surface area (Å²) in [5.41, 5.74) is 0.185. The molecule has 1 spiro atoms. The van der Waals surface area contributed by atoms with Gasteiger partial charge in [0, 0.05) is 13.0 Å². The average Bonchev–Trinajstić information content (AvgIpc) is 3.14. The fourth-order valence-electron chi connectivity index (χ4n) is 5.52. The van der Waals surface area contributed by atoms with Crippen LogP contribution >= 0.6 is 0 Å². The number of likely N-dealkylation sites (tertiary alicyclic amines) is 1. The first-order chi connectivity index (χ1) is 15.6. The molecule has 0 aromatic heterocycles. The van der Waals surface area contributed by atoms with Crippen LogP contribution in [0.25, 0.3) is 0 Å². The van der Waals surface area contributed by atoms with Gasteiger partial charge in [-0.1, -0.05) is 31.7 Å². The Bertz CT molecular complexity index is 909. The van der Waals surface area contributed by atoms with E-state index in [2.05, 4.69) is 5.32 Å². The SMILES string of the molecule is O=C1NC2(CCCCCC2)C(=O)N1CC(=O)N1CCC[C@H]1c1ccc2c(c1)OCCCO2. The van der Waals surface area contributed by atoms with Crippen LogP contribution in [0.2, 0.25) is 0 Å². The molecule has 1 aromatic rings. The highest BCUT2D eigenvalue weighted by Gasteiger charge is 2.51. The molecule has 2 saturated heterocycles. The molecule has 0 bridgehead atoms. The summed E-state index contributed by atoms with van der Waals surface area (Å²) in [4.78, 5) is 42.0. The van der Waals surface area contributed by atoms with E-state index >= 15 is 0 Å². The third-order valence-corrected chi connectivity index (χ3v) is 7.23. The lowest BCUT2D eigenvalue weighted by molar-refractivity contribution is -0.139. The zero-order chi connectivity index (χ0) is 22.1. The standard InChI is InChI=1S/C24H31N3O5/c28-21(16-27-22(29)24(25-23(27)30)10-3-1-2-4-11-24)26-12-5-7-18(26)17-8-9-19-20(15-17)32-14-6-13-31-19/h8-9,15,18H,1-7,10-14,16H2,(H,25,30)/t18-/m0/s1. The van der Waals surface area contributed by atoms with Gasteiger partial charge in [0.15, 0.2) is 11.5 Å². The van der Waals surface area contributed by atoms with Gasteiger partial charge in [-0.15, -0.1) is 0 Å². The molecule has 3 fully saturated rings. The Morgan fingerprint density at radius 3 is 2.53 bits per heavy atom. The molecule has 8 nitrogen and oxygen atoms in total. The second kappa shape index (κ2) is 8.64. The number of urea groups is 1. The Morgan fingerprint density at radius 2 is 1.75 bits per heavy atom. The fourth-order valence-corrected chi connectivity index (χ4v) is 5.52. The lowest BCUT2D eigenvalue weighted by atomic mass is 9.90. The van der Waals surface area contributed by atoms with Gasteiger partial charge in [-0.2, -0.15) is 0 Å². The molecular formula is C24H31N3O5. The molecular weight excluding hydrogens is 410 g/mol. The molecule has 5 rings (SSSR count). The first kappa shape index (κ1) is 21.1. The van der Waals surface area contributed by atoms with Crippen molar-refractivity contribution in [3.63, 3.8) is 0 Å². The first-order valence-electron chi connectivity index (χ1n) is 11.9. The maximum Gasteiger partial charge on any atom is 0.325 e. The molecule has 4 amide bonds. The summed E-state index contributed by atoms with van der Waals surface area (Å²) in [6.07, 6.45) is 7.88. The van der Waals surface area contributed by atoms with Crippen molar-refractivity contribution in [1.82, 2.24) is 15.1 Å². The highest BCUT2D eigenvalue weighted by molar-refractivity contribution is 6.09. The second-order valence-electron chi connectivity index (χ2n) is 9.32. The zero-order valence-corrected chi connectivity index (χ0v) is 18.4.